The Bertz CT molecular complexity index is 177. The van der Waals surface area contributed by atoms with Gasteiger partial charge >= 0.3 is 5.97 Å². The molecule has 0 aromatic heterocycles. The predicted octanol–water partition coefficient (Wildman–Crippen LogP) is 0.955. The van der Waals surface area contributed by atoms with Crippen molar-refractivity contribution in [3.05, 3.63) is 0 Å². The van der Waals surface area contributed by atoms with E-state index in [1.54, 1.807) is 6.92 Å². The van der Waals surface area contributed by atoms with Gasteiger partial charge in [0.25, 0.3) is 0 Å². The van der Waals surface area contributed by atoms with E-state index in [-0.39, 0.29) is 23.9 Å². The van der Waals surface area contributed by atoms with Crippen LogP contribution in [0.2, 0.25) is 0 Å². The van der Waals surface area contributed by atoms with E-state index in [0.717, 1.165) is 6.42 Å². The molecule has 70 valence electrons. The Morgan fingerprint density at radius 3 is 2.58 bits per heavy atom. The average molecular weight is 172 g/mol. The lowest BCUT2D eigenvalue weighted by Crippen LogP contribution is -2.46. The summed E-state index contributed by atoms with van der Waals surface area (Å²) in [5.41, 5.74) is 0. The minimum absolute atomic E-state index is 0.0581. The molecule has 4 atom stereocenters. The number of cyclic esters (lactones) is 1. The predicted molar refractivity (Wildman–Crippen MR) is 44.5 cm³/mol. The first-order valence-corrected chi connectivity index (χ1v) is 4.46. The van der Waals surface area contributed by atoms with Gasteiger partial charge in [-0.3, -0.25) is 4.79 Å². The van der Waals surface area contributed by atoms with Gasteiger partial charge in [-0.1, -0.05) is 13.8 Å². The maximum absolute atomic E-state index is 11.1. The van der Waals surface area contributed by atoms with Crippen LogP contribution in [0.3, 0.4) is 0 Å². The van der Waals surface area contributed by atoms with E-state index in [4.69, 9.17) is 4.74 Å². The lowest BCUT2D eigenvalue weighted by molar-refractivity contribution is -0.177. The second kappa shape index (κ2) is 3.44. The molecule has 0 saturated carbocycles. The fraction of sp³-hybridized carbons (Fsp3) is 0.889. The van der Waals surface area contributed by atoms with Gasteiger partial charge in [-0.05, 0) is 13.3 Å². The zero-order valence-electron chi connectivity index (χ0n) is 7.78. The van der Waals surface area contributed by atoms with E-state index in [9.17, 15) is 9.90 Å². The van der Waals surface area contributed by atoms with E-state index in [2.05, 4.69) is 0 Å². The molecule has 1 fully saturated rings. The molecule has 0 radical (unpaired) electrons. The molecule has 0 amide bonds. The number of carbonyl (C=O) groups is 1. The Hall–Kier alpha value is -0.570. The average Bonchev–Trinajstić information content (AvgIpc) is 2.08. The smallest absolute Gasteiger partial charge is 0.311 e. The lowest BCUT2D eigenvalue weighted by atomic mass is 9.85. The number of aliphatic hydroxyl groups excluding tert-OH is 1. The highest BCUT2D eigenvalue weighted by Gasteiger charge is 2.39. The molecule has 0 bridgehead atoms. The number of aliphatic hydroxyl groups is 1. The van der Waals surface area contributed by atoms with Crippen LogP contribution in [0.15, 0.2) is 0 Å². The zero-order valence-corrected chi connectivity index (χ0v) is 7.78. The van der Waals surface area contributed by atoms with Crippen LogP contribution in [-0.2, 0) is 9.53 Å². The lowest BCUT2D eigenvalue weighted by Gasteiger charge is -2.35. The molecule has 1 aliphatic heterocycles. The second-order valence-electron chi connectivity index (χ2n) is 3.52. The van der Waals surface area contributed by atoms with Gasteiger partial charge in [-0.2, -0.15) is 0 Å². The minimum atomic E-state index is -0.545. The van der Waals surface area contributed by atoms with Crippen LogP contribution in [0.5, 0.6) is 0 Å². The maximum atomic E-state index is 11.1. The summed E-state index contributed by atoms with van der Waals surface area (Å²) in [4.78, 5) is 11.1. The highest BCUT2D eigenvalue weighted by molar-refractivity contribution is 5.73. The summed E-state index contributed by atoms with van der Waals surface area (Å²) >= 11 is 0. The molecule has 3 nitrogen and oxygen atoms in total. The minimum Gasteiger partial charge on any atom is -0.462 e. The largest absolute Gasteiger partial charge is 0.462 e. The Kier molecular flexibility index (Phi) is 2.73. The van der Waals surface area contributed by atoms with Crippen molar-refractivity contribution in [3.8, 4) is 0 Å². The molecule has 1 aliphatic rings. The first-order chi connectivity index (χ1) is 5.57. The van der Waals surface area contributed by atoms with Gasteiger partial charge in [-0.25, -0.2) is 0 Å². The first-order valence-electron chi connectivity index (χ1n) is 4.46. The molecule has 2 unspecified atom stereocenters. The van der Waals surface area contributed by atoms with Gasteiger partial charge < -0.3 is 9.84 Å². The van der Waals surface area contributed by atoms with Crippen LogP contribution >= 0.6 is 0 Å². The van der Waals surface area contributed by atoms with Crippen LogP contribution in [0.1, 0.15) is 27.2 Å². The number of hydrogen-bond donors (Lipinski definition) is 1. The maximum Gasteiger partial charge on any atom is 0.311 e. The standard InChI is InChI=1S/C9H16O3/c1-4-7-5(2)8(10)6(3)9(11)12-7/h5-8,10H,4H2,1-3H3/t5?,6?,7-,8-/m0/s1. The zero-order chi connectivity index (χ0) is 9.30. The Morgan fingerprint density at radius 2 is 2.08 bits per heavy atom. The van der Waals surface area contributed by atoms with E-state index >= 15 is 0 Å². The van der Waals surface area contributed by atoms with Crippen LogP contribution in [0.25, 0.3) is 0 Å². The van der Waals surface area contributed by atoms with Gasteiger partial charge in [0.15, 0.2) is 0 Å². The number of hydrogen-bond acceptors (Lipinski definition) is 3. The van der Waals surface area contributed by atoms with Crippen LogP contribution in [0, 0.1) is 11.8 Å². The second-order valence-corrected chi connectivity index (χ2v) is 3.52. The van der Waals surface area contributed by atoms with Crippen LogP contribution < -0.4 is 0 Å². The molecule has 1 N–H and O–H groups in total. The number of rotatable bonds is 1. The first kappa shape index (κ1) is 9.52. The highest BCUT2D eigenvalue weighted by Crippen LogP contribution is 2.27. The van der Waals surface area contributed by atoms with Gasteiger partial charge in [0.05, 0.1) is 12.0 Å². The van der Waals surface area contributed by atoms with E-state index < -0.39 is 6.10 Å². The third-order valence-corrected chi connectivity index (χ3v) is 2.68. The monoisotopic (exact) mass is 172 g/mol. The molecule has 1 heterocycles. The van der Waals surface area contributed by atoms with Crippen molar-refractivity contribution in [2.75, 3.05) is 0 Å². The molecule has 0 aromatic rings. The van der Waals surface area contributed by atoms with Crippen molar-refractivity contribution in [1.82, 2.24) is 0 Å². The third-order valence-electron chi connectivity index (χ3n) is 2.68. The molecular formula is C9H16O3. The molecule has 1 rings (SSSR count). The van der Waals surface area contributed by atoms with Crippen molar-refractivity contribution in [2.24, 2.45) is 11.8 Å². The van der Waals surface area contributed by atoms with Gasteiger partial charge in [0, 0.05) is 5.92 Å². The quantitative estimate of drug-likeness (QED) is 0.599. The number of carbonyl (C=O) groups excluding carboxylic acids is 1. The third kappa shape index (κ3) is 1.46. The van der Waals surface area contributed by atoms with Crippen LogP contribution in [-0.4, -0.2) is 23.3 Å². The van der Waals surface area contributed by atoms with Crippen molar-refractivity contribution in [3.63, 3.8) is 0 Å². The van der Waals surface area contributed by atoms with E-state index in [0.29, 0.717) is 0 Å². The molecule has 0 spiro atoms. The molecular weight excluding hydrogens is 156 g/mol. The van der Waals surface area contributed by atoms with Crippen molar-refractivity contribution in [1.29, 1.82) is 0 Å². The summed E-state index contributed by atoms with van der Waals surface area (Å²) < 4.78 is 5.13. The Labute approximate surface area is 72.7 Å². The fourth-order valence-electron chi connectivity index (χ4n) is 1.63. The summed E-state index contributed by atoms with van der Waals surface area (Å²) in [5, 5.41) is 9.62. The van der Waals surface area contributed by atoms with Crippen molar-refractivity contribution in [2.45, 2.75) is 39.4 Å². The molecule has 1 saturated heterocycles. The molecule has 3 heteroatoms. The number of esters is 1. The van der Waals surface area contributed by atoms with E-state index in [1.807, 2.05) is 13.8 Å². The Balaban J connectivity index is 2.70. The topological polar surface area (TPSA) is 46.5 Å². The van der Waals surface area contributed by atoms with Crippen LogP contribution in [0.4, 0.5) is 0 Å². The molecule has 0 aromatic carbocycles. The van der Waals surface area contributed by atoms with Crippen molar-refractivity contribution >= 4 is 5.97 Å². The molecule has 12 heavy (non-hydrogen) atoms. The normalized spacial score (nSPS) is 42.5. The van der Waals surface area contributed by atoms with Gasteiger partial charge in [0.1, 0.15) is 6.10 Å². The summed E-state index contributed by atoms with van der Waals surface area (Å²) in [7, 11) is 0. The van der Waals surface area contributed by atoms with Gasteiger partial charge in [-0.15, -0.1) is 0 Å². The highest BCUT2D eigenvalue weighted by atomic mass is 16.5. The number of ether oxygens (including phenoxy) is 1. The van der Waals surface area contributed by atoms with Crippen molar-refractivity contribution < 1.29 is 14.6 Å². The summed E-state index contributed by atoms with van der Waals surface area (Å²) in [6.45, 7) is 5.58. The Morgan fingerprint density at radius 1 is 1.50 bits per heavy atom. The fourth-order valence-corrected chi connectivity index (χ4v) is 1.63. The summed E-state index contributed by atoms with van der Waals surface area (Å²) in [6.07, 6.45) is 0.122. The molecule has 0 aliphatic carbocycles. The SMILES string of the molecule is CC[C@@H]1OC(=O)C(C)[C@@H](O)C1C. The van der Waals surface area contributed by atoms with E-state index in [1.165, 1.54) is 0 Å². The summed E-state index contributed by atoms with van der Waals surface area (Å²) in [5.74, 6) is -0.585. The summed E-state index contributed by atoms with van der Waals surface area (Å²) in [6, 6.07) is 0. The van der Waals surface area contributed by atoms with Gasteiger partial charge in [0.2, 0.25) is 0 Å².